The minimum absolute atomic E-state index is 0.259. The van der Waals surface area contributed by atoms with E-state index in [2.05, 4.69) is 16.9 Å². The largest absolute Gasteiger partial charge is 0.447 e. The lowest BCUT2D eigenvalue weighted by Crippen LogP contribution is -2.45. The van der Waals surface area contributed by atoms with Gasteiger partial charge < -0.3 is 19.5 Å². The highest BCUT2D eigenvalue weighted by molar-refractivity contribution is 6.08. The van der Waals surface area contributed by atoms with Crippen LogP contribution in [0.2, 0.25) is 0 Å². The molecule has 10 nitrogen and oxygen atoms in total. The van der Waals surface area contributed by atoms with Crippen LogP contribution in [0.4, 0.5) is 20.6 Å². The minimum atomic E-state index is -1.67. The Kier molecular flexibility index (Phi) is 7.34. The van der Waals surface area contributed by atoms with Gasteiger partial charge in [-0.15, -0.1) is 11.7 Å². The second kappa shape index (κ2) is 10.9. The number of carbonyl (C=O) groups is 2. The molecular formula is C32H36FN5O5. The van der Waals surface area contributed by atoms with Crippen molar-refractivity contribution in [3.05, 3.63) is 84.2 Å². The number of cyclic esters (lactones) is 1. The number of alkyl halides is 1. The number of halogens is 1. The first kappa shape index (κ1) is 29.0. The predicted octanol–water partition coefficient (Wildman–Crippen LogP) is 4.53. The van der Waals surface area contributed by atoms with Crippen LogP contribution in [-0.4, -0.2) is 63.6 Å². The Morgan fingerprint density at radius 2 is 2.00 bits per heavy atom. The highest BCUT2D eigenvalue weighted by Crippen LogP contribution is 2.58. The number of nitrogens with zero attached hydrogens (tertiary/aromatic N) is 5. The zero-order valence-corrected chi connectivity index (χ0v) is 24.5. The molecule has 2 amide bonds. The molecule has 1 spiro atoms. The lowest BCUT2D eigenvalue weighted by atomic mass is 9.71. The number of carbonyl (C=O) groups excluding carboxylic acids is 2. The predicted molar refractivity (Wildman–Crippen MR) is 157 cm³/mol. The quantitative estimate of drug-likeness (QED) is 0.365. The zero-order valence-electron chi connectivity index (χ0n) is 24.5. The van der Waals surface area contributed by atoms with Crippen LogP contribution in [0, 0.1) is 11.8 Å². The van der Waals surface area contributed by atoms with Crippen molar-refractivity contribution in [3.8, 4) is 0 Å². The van der Waals surface area contributed by atoms with Crippen LogP contribution >= 0.6 is 0 Å². The molecule has 226 valence electrons. The highest BCUT2D eigenvalue weighted by Gasteiger charge is 2.66. The van der Waals surface area contributed by atoms with Gasteiger partial charge in [0.05, 0.1) is 24.5 Å². The summed E-state index contributed by atoms with van der Waals surface area (Å²) < 4.78 is 29.5. The Hall–Kier alpha value is -4.09. The van der Waals surface area contributed by atoms with Crippen LogP contribution < -0.4 is 9.80 Å². The maximum Gasteiger partial charge on any atom is 0.414 e. The summed E-state index contributed by atoms with van der Waals surface area (Å²) in [5.41, 5.74) is -0.168. The summed E-state index contributed by atoms with van der Waals surface area (Å²) in [5, 5.41) is 19.1. The number of benzene rings is 2. The number of aliphatic hydroxyl groups excluding tert-OH is 1. The number of aliphatic hydroxyl groups is 1. The van der Waals surface area contributed by atoms with E-state index in [1.54, 1.807) is 40.1 Å². The molecule has 3 aliphatic rings. The molecule has 3 aromatic rings. The molecule has 1 aromatic heterocycles. The molecule has 0 saturated carbocycles. The lowest BCUT2D eigenvalue weighted by Gasteiger charge is -2.32. The molecule has 2 aromatic carbocycles. The van der Waals surface area contributed by atoms with Gasteiger partial charge in [-0.2, -0.15) is 0 Å². The van der Waals surface area contributed by atoms with Crippen LogP contribution in [0.15, 0.2) is 67.4 Å². The Morgan fingerprint density at radius 3 is 2.67 bits per heavy atom. The van der Waals surface area contributed by atoms with Crippen LogP contribution in [0.5, 0.6) is 0 Å². The second-order valence-electron chi connectivity index (χ2n) is 12.0. The first-order valence-electron chi connectivity index (χ1n) is 14.6. The van der Waals surface area contributed by atoms with E-state index in [-0.39, 0.29) is 19.1 Å². The summed E-state index contributed by atoms with van der Waals surface area (Å²) in [6.45, 7) is 10.0. The Morgan fingerprint density at radius 1 is 1.23 bits per heavy atom. The van der Waals surface area contributed by atoms with Gasteiger partial charge in [0.1, 0.15) is 24.1 Å². The molecule has 5 atom stereocenters. The second-order valence-corrected chi connectivity index (χ2v) is 12.0. The molecular weight excluding hydrogens is 553 g/mol. The third kappa shape index (κ3) is 4.80. The van der Waals surface area contributed by atoms with Gasteiger partial charge in [0.25, 0.3) is 5.91 Å². The summed E-state index contributed by atoms with van der Waals surface area (Å²) in [4.78, 5) is 29.8. The normalized spacial score (nSPS) is 25.8. The summed E-state index contributed by atoms with van der Waals surface area (Å²) in [5.74, 6) is -1.45. The number of hydrogen-bond donors (Lipinski definition) is 1. The smallest absolute Gasteiger partial charge is 0.414 e. The third-order valence-electron chi connectivity index (χ3n) is 8.92. The fraction of sp³-hybridized carbons (Fsp3) is 0.438. The molecule has 0 aliphatic carbocycles. The fourth-order valence-corrected chi connectivity index (χ4v) is 7.02. The number of fused-ring (bicyclic) bond motifs is 2. The molecule has 2 fully saturated rings. The minimum Gasteiger partial charge on any atom is -0.447 e. The Bertz CT molecular complexity index is 1540. The van der Waals surface area contributed by atoms with Gasteiger partial charge in [-0.3, -0.25) is 14.4 Å². The standard InChI is InChI=1S/C32H36FN5O5/c1-5-14-38-25-12-11-22(37-16-17-42-30(37)41)18-23(25)32(29(38)40)20(2)27(31(3,4)33)26(43-32)13-15-36-19-24(34-35-36)28(39)21-9-7-6-8-10-21/h5-12,18-20,26-28,39H,1,13-17H2,2-4H3/t20-,26+,27-,28-,32+/m1/s1. The van der Waals surface area contributed by atoms with E-state index >= 15 is 4.39 Å². The van der Waals surface area contributed by atoms with E-state index in [4.69, 9.17) is 9.47 Å². The fourth-order valence-electron chi connectivity index (χ4n) is 7.02. The van der Waals surface area contributed by atoms with E-state index in [0.29, 0.717) is 47.7 Å². The zero-order chi connectivity index (χ0) is 30.5. The van der Waals surface area contributed by atoms with E-state index in [9.17, 15) is 14.7 Å². The molecule has 6 rings (SSSR count). The molecule has 43 heavy (non-hydrogen) atoms. The maximum atomic E-state index is 16.0. The van der Waals surface area contributed by atoms with Gasteiger partial charge in [0.15, 0.2) is 5.60 Å². The van der Waals surface area contributed by atoms with Gasteiger partial charge in [0, 0.05) is 36.2 Å². The SMILES string of the molecule is C=CCN1C(=O)[C@@]2(O[C@@H](CCn3cc([C@H](O)c4ccccc4)nn3)[C@H](C(C)(C)F)[C@H]2C)c2cc(N3CCOC3=O)ccc21. The van der Waals surface area contributed by atoms with Gasteiger partial charge in [-0.05, 0) is 44.0 Å². The Balaban J connectivity index is 1.32. The average Bonchev–Trinajstić information content (AvgIpc) is 3.75. The van der Waals surface area contributed by atoms with E-state index in [1.807, 2.05) is 37.3 Å². The first-order valence-corrected chi connectivity index (χ1v) is 14.6. The monoisotopic (exact) mass is 589 g/mol. The van der Waals surface area contributed by atoms with Crippen LogP contribution in [0.25, 0.3) is 0 Å². The number of aromatic nitrogens is 3. The van der Waals surface area contributed by atoms with Crippen molar-refractivity contribution < 1.29 is 28.6 Å². The first-order chi connectivity index (χ1) is 20.6. The van der Waals surface area contributed by atoms with Gasteiger partial charge in [0.2, 0.25) is 0 Å². The summed E-state index contributed by atoms with van der Waals surface area (Å²) in [7, 11) is 0. The Labute approximate surface area is 249 Å². The van der Waals surface area contributed by atoms with Crippen LogP contribution in [0.1, 0.15) is 50.1 Å². The van der Waals surface area contributed by atoms with Gasteiger partial charge in [-0.25, -0.2) is 9.18 Å². The number of rotatable bonds is 9. The highest BCUT2D eigenvalue weighted by atomic mass is 19.1. The van der Waals surface area contributed by atoms with Crippen molar-refractivity contribution in [3.63, 3.8) is 0 Å². The molecule has 3 aliphatic heterocycles. The van der Waals surface area contributed by atoms with Crippen molar-refractivity contribution in [2.45, 2.75) is 57.2 Å². The maximum absolute atomic E-state index is 16.0. The summed E-state index contributed by atoms with van der Waals surface area (Å²) in [6.07, 6.45) is 1.66. The van der Waals surface area contributed by atoms with Crippen molar-refractivity contribution in [2.75, 3.05) is 29.5 Å². The van der Waals surface area contributed by atoms with Crippen molar-refractivity contribution in [2.24, 2.45) is 11.8 Å². The van der Waals surface area contributed by atoms with Crippen LogP contribution in [0.3, 0.4) is 0 Å². The number of amides is 2. The number of hydrogen-bond acceptors (Lipinski definition) is 7. The number of ether oxygens (including phenoxy) is 2. The van der Waals surface area contributed by atoms with E-state index in [0.717, 1.165) is 0 Å². The number of aryl methyl sites for hydroxylation is 1. The lowest BCUT2D eigenvalue weighted by molar-refractivity contribution is -0.146. The molecule has 0 radical (unpaired) electrons. The molecule has 0 bridgehead atoms. The molecule has 4 heterocycles. The van der Waals surface area contributed by atoms with E-state index in [1.165, 1.54) is 18.7 Å². The third-order valence-corrected chi connectivity index (χ3v) is 8.92. The molecule has 0 unspecified atom stereocenters. The average molecular weight is 590 g/mol. The molecule has 1 N–H and O–H groups in total. The van der Waals surface area contributed by atoms with Crippen molar-refractivity contribution in [1.29, 1.82) is 0 Å². The molecule has 11 heteroatoms. The van der Waals surface area contributed by atoms with Crippen molar-refractivity contribution in [1.82, 2.24) is 15.0 Å². The number of anilines is 2. The topological polar surface area (TPSA) is 110 Å². The molecule has 2 saturated heterocycles. The summed E-state index contributed by atoms with van der Waals surface area (Å²) in [6, 6.07) is 14.6. The summed E-state index contributed by atoms with van der Waals surface area (Å²) >= 11 is 0. The van der Waals surface area contributed by atoms with E-state index < -0.39 is 41.4 Å². The van der Waals surface area contributed by atoms with Crippen LogP contribution in [-0.2, 0) is 26.4 Å². The van der Waals surface area contributed by atoms with Crippen molar-refractivity contribution >= 4 is 23.4 Å². The van der Waals surface area contributed by atoms with Gasteiger partial charge >= 0.3 is 6.09 Å². The van der Waals surface area contributed by atoms with Gasteiger partial charge in [-0.1, -0.05) is 48.5 Å².